The summed E-state index contributed by atoms with van der Waals surface area (Å²) in [6.07, 6.45) is 5.22. The number of amides is 2. The SMILES string of the molecule is CC(=O)N1CCC(C(=O)N2CCCC2c2nccc(CN(C)C)n2)CC1. The van der Waals surface area contributed by atoms with Gasteiger partial charge in [-0.25, -0.2) is 9.97 Å². The smallest absolute Gasteiger partial charge is 0.226 e. The van der Waals surface area contributed by atoms with Crippen LogP contribution in [0.4, 0.5) is 0 Å². The molecule has 3 heterocycles. The van der Waals surface area contributed by atoms with Gasteiger partial charge in [-0.3, -0.25) is 9.59 Å². The summed E-state index contributed by atoms with van der Waals surface area (Å²) in [6, 6.07) is 1.91. The molecule has 0 N–H and O–H groups in total. The highest BCUT2D eigenvalue weighted by Crippen LogP contribution is 2.33. The fraction of sp³-hybridized carbons (Fsp3) is 0.684. The molecule has 142 valence electrons. The molecular weight excluding hydrogens is 330 g/mol. The van der Waals surface area contributed by atoms with Crippen molar-refractivity contribution in [1.82, 2.24) is 24.7 Å². The highest BCUT2D eigenvalue weighted by atomic mass is 16.2. The van der Waals surface area contributed by atoms with Gasteiger partial charge in [0.05, 0.1) is 11.7 Å². The quantitative estimate of drug-likeness (QED) is 0.814. The van der Waals surface area contributed by atoms with Gasteiger partial charge >= 0.3 is 0 Å². The lowest BCUT2D eigenvalue weighted by molar-refractivity contribution is -0.141. The zero-order chi connectivity index (χ0) is 18.7. The molecule has 0 aliphatic carbocycles. The van der Waals surface area contributed by atoms with Crippen LogP contribution >= 0.6 is 0 Å². The summed E-state index contributed by atoms with van der Waals surface area (Å²) >= 11 is 0. The van der Waals surface area contributed by atoms with Gasteiger partial charge < -0.3 is 14.7 Å². The van der Waals surface area contributed by atoms with Gasteiger partial charge in [-0.1, -0.05) is 0 Å². The standard InChI is InChI=1S/C19H29N5O2/c1-14(25)23-11-7-15(8-12-23)19(26)24-10-4-5-17(24)18-20-9-6-16(21-18)13-22(2)3/h6,9,15,17H,4-5,7-8,10-13H2,1-3H3. The van der Waals surface area contributed by atoms with Crippen molar-refractivity contribution in [2.45, 2.75) is 45.2 Å². The third-order valence-corrected chi connectivity index (χ3v) is 5.33. The van der Waals surface area contributed by atoms with Crippen LogP contribution in [0.25, 0.3) is 0 Å². The Labute approximate surface area is 155 Å². The van der Waals surface area contributed by atoms with E-state index in [-0.39, 0.29) is 23.8 Å². The van der Waals surface area contributed by atoms with Crippen molar-refractivity contribution in [2.75, 3.05) is 33.7 Å². The van der Waals surface area contributed by atoms with E-state index in [1.165, 1.54) is 0 Å². The summed E-state index contributed by atoms with van der Waals surface area (Å²) in [6.45, 7) is 4.49. The Kier molecular flexibility index (Phi) is 5.86. The summed E-state index contributed by atoms with van der Waals surface area (Å²) in [4.78, 5) is 39.6. The maximum absolute atomic E-state index is 13.1. The normalized spacial score (nSPS) is 21.5. The first kappa shape index (κ1) is 18.8. The lowest BCUT2D eigenvalue weighted by Crippen LogP contribution is -2.43. The Morgan fingerprint density at radius 2 is 1.92 bits per heavy atom. The van der Waals surface area contributed by atoms with Gasteiger partial charge in [0.1, 0.15) is 0 Å². The molecule has 1 aromatic heterocycles. The van der Waals surface area contributed by atoms with Crippen LogP contribution in [-0.2, 0) is 16.1 Å². The van der Waals surface area contributed by atoms with Gasteiger partial charge in [0.2, 0.25) is 11.8 Å². The number of carbonyl (C=O) groups excluding carboxylic acids is 2. The Hall–Kier alpha value is -2.02. The summed E-state index contributed by atoms with van der Waals surface area (Å²) in [7, 11) is 4.03. The number of carbonyl (C=O) groups is 2. The molecule has 26 heavy (non-hydrogen) atoms. The van der Waals surface area contributed by atoms with Crippen molar-refractivity contribution < 1.29 is 9.59 Å². The van der Waals surface area contributed by atoms with Crippen molar-refractivity contribution in [3.8, 4) is 0 Å². The second kappa shape index (κ2) is 8.12. The average molecular weight is 359 g/mol. The fourth-order valence-corrected chi connectivity index (χ4v) is 3.96. The van der Waals surface area contributed by atoms with Gasteiger partial charge in [-0.2, -0.15) is 0 Å². The Morgan fingerprint density at radius 1 is 1.19 bits per heavy atom. The van der Waals surface area contributed by atoms with E-state index in [0.29, 0.717) is 13.1 Å². The van der Waals surface area contributed by atoms with Crippen molar-refractivity contribution in [3.63, 3.8) is 0 Å². The fourth-order valence-electron chi connectivity index (χ4n) is 3.96. The summed E-state index contributed by atoms with van der Waals surface area (Å²) in [5, 5.41) is 0. The van der Waals surface area contributed by atoms with Crippen LogP contribution in [0.3, 0.4) is 0 Å². The minimum absolute atomic E-state index is 0.0103. The van der Waals surface area contributed by atoms with Crippen molar-refractivity contribution in [1.29, 1.82) is 0 Å². The summed E-state index contributed by atoms with van der Waals surface area (Å²) < 4.78 is 0. The first-order valence-corrected chi connectivity index (χ1v) is 9.48. The Morgan fingerprint density at radius 3 is 2.58 bits per heavy atom. The molecule has 0 radical (unpaired) electrons. The second-order valence-electron chi connectivity index (χ2n) is 7.61. The van der Waals surface area contributed by atoms with Gasteiger partial charge in [0, 0.05) is 45.2 Å². The van der Waals surface area contributed by atoms with Crippen LogP contribution in [0.15, 0.2) is 12.3 Å². The number of piperidine rings is 1. The molecule has 0 bridgehead atoms. The highest BCUT2D eigenvalue weighted by molar-refractivity contribution is 5.80. The maximum atomic E-state index is 13.1. The monoisotopic (exact) mass is 359 g/mol. The van der Waals surface area contributed by atoms with E-state index in [2.05, 4.69) is 9.88 Å². The molecule has 2 saturated heterocycles. The molecule has 1 atom stereocenters. The van der Waals surface area contributed by atoms with E-state index < -0.39 is 0 Å². The summed E-state index contributed by atoms with van der Waals surface area (Å²) in [5.41, 5.74) is 0.981. The Balaban J connectivity index is 1.68. The lowest BCUT2D eigenvalue weighted by Gasteiger charge is -2.34. The molecule has 0 aromatic carbocycles. The molecule has 2 fully saturated rings. The van der Waals surface area contributed by atoms with E-state index in [9.17, 15) is 9.59 Å². The third kappa shape index (κ3) is 4.20. The van der Waals surface area contributed by atoms with E-state index in [4.69, 9.17) is 4.98 Å². The molecule has 0 spiro atoms. The molecule has 1 aromatic rings. The molecule has 2 aliphatic heterocycles. The molecule has 3 rings (SSSR count). The average Bonchev–Trinajstić information content (AvgIpc) is 3.10. The Bertz CT molecular complexity index is 655. The first-order valence-electron chi connectivity index (χ1n) is 9.48. The zero-order valence-electron chi connectivity index (χ0n) is 16.0. The molecule has 2 amide bonds. The van der Waals surface area contributed by atoms with Crippen LogP contribution in [-0.4, -0.2) is 70.2 Å². The van der Waals surface area contributed by atoms with Gasteiger partial charge in [0.15, 0.2) is 5.82 Å². The number of nitrogens with zero attached hydrogens (tertiary/aromatic N) is 5. The molecule has 0 saturated carbocycles. The van der Waals surface area contributed by atoms with E-state index in [0.717, 1.165) is 50.3 Å². The molecule has 7 heteroatoms. The van der Waals surface area contributed by atoms with E-state index >= 15 is 0 Å². The predicted octanol–water partition coefficient (Wildman–Crippen LogP) is 1.46. The number of rotatable bonds is 4. The number of hydrogen-bond donors (Lipinski definition) is 0. The third-order valence-electron chi connectivity index (χ3n) is 5.33. The van der Waals surface area contributed by atoms with Crippen LogP contribution in [0, 0.1) is 5.92 Å². The van der Waals surface area contributed by atoms with Crippen molar-refractivity contribution in [2.24, 2.45) is 5.92 Å². The largest absolute Gasteiger partial charge is 0.343 e. The number of aromatic nitrogens is 2. The molecular formula is C19H29N5O2. The molecule has 2 aliphatic rings. The first-order chi connectivity index (χ1) is 12.5. The van der Waals surface area contributed by atoms with Gasteiger partial charge in [0.25, 0.3) is 0 Å². The zero-order valence-corrected chi connectivity index (χ0v) is 16.0. The minimum Gasteiger partial charge on any atom is -0.343 e. The van der Waals surface area contributed by atoms with Crippen LogP contribution < -0.4 is 0 Å². The van der Waals surface area contributed by atoms with Crippen LogP contribution in [0.1, 0.15) is 50.2 Å². The lowest BCUT2D eigenvalue weighted by atomic mass is 9.95. The molecule has 1 unspecified atom stereocenters. The molecule has 7 nitrogen and oxygen atoms in total. The van der Waals surface area contributed by atoms with Crippen LogP contribution in [0.5, 0.6) is 0 Å². The van der Waals surface area contributed by atoms with Gasteiger partial charge in [-0.05, 0) is 45.8 Å². The highest BCUT2D eigenvalue weighted by Gasteiger charge is 2.36. The summed E-state index contributed by atoms with van der Waals surface area (Å²) in [5.74, 6) is 1.07. The van der Waals surface area contributed by atoms with Crippen molar-refractivity contribution >= 4 is 11.8 Å². The number of hydrogen-bond acceptors (Lipinski definition) is 5. The number of likely N-dealkylation sites (tertiary alicyclic amines) is 2. The van der Waals surface area contributed by atoms with E-state index in [1.54, 1.807) is 13.1 Å². The van der Waals surface area contributed by atoms with E-state index in [1.807, 2.05) is 30.0 Å². The second-order valence-corrected chi connectivity index (χ2v) is 7.61. The maximum Gasteiger partial charge on any atom is 0.226 e. The van der Waals surface area contributed by atoms with Crippen LogP contribution in [0.2, 0.25) is 0 Å². The topological polar surface area (TPSA) is 69.6 Å². The van der Waals surface area contributed by atoms with Crippen molar-refractivity contribution in [3.05, 3.63) is 23.8 Å². The van der Waals surface area contributed by atoms with Gasteiger partial charge in [-0.15, -0.1) is 0 Å². The minimum atomic E-state index is -0.0181. The predicted molar refractivity (Wildman–Crippen MR) is 98.1 cm³/mol.